The molecule has 1 saturated heterocycles. The van der Waals surface area contributed by atoms with Crippen LogP contribution in [0.25, 0.3) is 0 Å². The SMILES string of the molecule is CC(C(=O)O)N1CCN(c2nccn(C3CC3)c2=O)CC1. The summed E-state index contributed by atoms with van der Waals surface area (Å²) in [4.78, 5) is 31.6. The van der Waals surface area contributed by atoms with Crippen LogP contribution in [0.15, 0.2) is 17.2 Å². The van der Waals surface area contributed by atoms with Crippen LogP contribution >= 0.6 is 0 Å². The summed E-state index contributed by atoms with van der Waals surface area (Å²) >= 11 is 0. The molecule has 1 N–H and O–H groups in total. The Morgan fingerprint density at radius 2 is 2.00 bits per heavy atom. The van der Waals surface area contributed by atoms with Crippen molar-refractivity contribution in [2.24, 2.45) is 0 Å². The maximum atomic E-state index is 12.4. The third-order valence-corrected chi connectivity index (χ3v) is 4.31. The first-order chi connectivity index (χ1) is 10.1. The molecule has 3 rings (SSSR count). The summed E-state index contributed by atoms with van der Waals surface area (Å²) in [6.07, 6.45) is 5.56. The number of piperazine rings is 1. The fraction of sp³-hybridized carbons (Fsp3) is 0.643. The minimum absolute atomic E-state index is 0.0280. The lowest BCUT2D eigenvalue weighted by atomic mass is 10.2. The van der Waals surface area contributed by atoms with Crippen LogP contribution in [-0.2, 0) is 4.79 Å². The van der Waals surface area contributed by atoms with Crippen molar-refractivity contribution in [1.82, 2.24) is 14.5 Å². The molecule has 0 spiro atoms. The van der Waals surface area contributed by atoms with Gasteiger partial charge in [-0.2, -0.15) is 0 Å². The Bertz CT molecular complexity index is 588. The highest BCUT2D eigenvalue weighted by Gasteiger charge is 2.29. The highest BCUT2D eigenvalue weighted by atomic mass is 16.4. The second-order valence-corrected chi connectivity index (χ2v) is 5.73. The molecule has 1 aliphatic heterocycles. The summed E-state index contributed by atoms with van der Waals surface area (Å²) in [7, 11) is 0. The molecule has 2 heterocycles. The Balaban J connectivity index is 1.71. The molecule has 1 unspecified atom stereocenters. The number of anilines is 1. The molecule has 1 aliphatic carbocycles. The molecule has 2 aliphatic rings. The van der Waals surface area contributed by atoms with Crippen LogP contribution in [0.4, 0.5) is 5.82 Å². The summed E-state index contributed by atoms with van der Waals surface area (Å²) in [6, 6.07) is -0.147. The van der Waals surface area contributed by atoms with E-state index in [1.54, 1.807) is 23.9 Å². The largest absolute Gasteiger partial charge is 0.480 e. The second kappa shape index (κ2) is 5.48. The zero-order valence-corrected chi connectivity index (χ0v) is 12.1. The monoisotopic (exact) mass is 292 g/mol. The Morgan fingerprint density at radius 1 is 1.33 bits per heavy atom. The smallest absolute Gasteiger partial charge is 0.320 e. The van der Waals surface area contributed by atoms with Gasteiger partial charge in [0, 0.05) is 44.6 Å². The molecule has 114 valence electrons. The van der Waals surface area contributed by atoms with E-state index < -0.39 is 12.0 Å². The highest BCUT2D eigenvalue weighted by Crippen LogP contribution is 2.33. The molecule has 1 aromatic rings. The van der Waals surface area contributed by atoms with Gasteiger partial charge in [0.1, 0.15) is 6.04 Å². The maximum absolute atomic E-state index is 12.4. The van der Waals surface area contributed by atoms with Crippen molar-refractivity contribution >= 4 is 11.8 Å². The van der Waals surface area contributed by atoms with Crippen molar-refractivity contribution in [3.05, 3.63) is 22.7 Å². The molecular weight excluding hydrogens is 272 g/mol. The number of carbonyl (C=O) groups is 1. The average molecular weight is 292 g/mol. The summed E-state index contributed by atoms with van der Waals surface area (Å²) in [5.41, 5.74) is -0.0280. The number of aromatic nitrogens is 2. The Kier molecular flexibility index (Phi) is 3.67. The van der Waals surface area contributed by atoms with Crippen LogP contribution < -0.4 is 10.5 Å². The van der Waals surface area contributed by atoms with Crippen LogP contribution in [0.5, 0.6) is 0 Å². The van der Waals surface area contributed by atoms with Gasteiger partial charge in [-0.25, -0.2) is 4.98 Å². The Labute approximate surface area is 122 Å². The van der Waals surface area contributed by atoms with Crippen LogP contribution in [0, 0.1) is 0 Å². The van der Waals surface area contributed by atoms with Gasteiger partial charge in [0.15, 0.2) is 5.82 Å². The standard InChI is InChI=1S/C14H20N4O3/c1-10(14(20)21)16-6-8-17(9-7-16)12-13(19)18(5-4-15-12)11-2-3-11/h4-5,10-11H,2-3,6-9H2,1H3,(H,20,21). The van der Waals surface area contributed by atoms with Crippen LogP contribution in [0.1, 0.15) is 25.8 Å². The molecule has 0 amide bonds. The van der Waals surface area contributed by atoms with Crippen LogP contribution in [0.2, 0.25) is 0 Å². The van der Waals surface area contributed by atoms with Gasteiger partial charge in [-0.1, -0.05) is 0 Å². The van der Waals surface area contributed by atoms with Crippen molar-refractivity contribution in [3.8, 4) is 0 Å². The summed E-state index contributed by atoms with van der Waals surface area (Å²) in [5, 5.41) is 9.04. The van der Waals surface area contributed by atoms with E-state index in [0.717, 1.165) is 12.8 Å². The summed E-state index contributed by atoms with van der Waals surface area (Å²) in [6.45, 7) is 4.22. The Morgan fingerprint density at radius 3 is 2.57 bits per heavy atom. The van der Waals surface area contributed by atoms with Gasteiger partial charge in [-0.05, 0) is 19.8 Å². The number of hydrogen-bond acceptors (Lipinski definition) is 5. The van der Waals surface area contributed by atoms with Crippen LogP contribution in [0.3, 0.4) is 0 Å². The minimum Gasteiger partial charge on any atom is -0.480 e. The fourth-order valence-electron chi connectivity index (χ4n) is 2.75. The van der Waals surface area contributed by atoms with Gasteiger partial charge in [0.25, 0.3) is 5.56 Å². The van der Waals surface area contributed by atoms with Crippen LogP contribution in [-0.4, -0.2) is 57.7 Å². The van der Waals surface area contributed by atoms with Gasteiger partial charge in [0.05, 0.1) is 0 Å². The molecule has 0 radical (unpaired) electrons. The number of nitrogens with zero attached hydrogens (tertiary/aromatic N) is 4. The molecule has 1 atom stereocenters. The Hall–Kier alpha value is -1.89. The lowest BCUT2D eigenvalue weighted by Gasteiger charge is -2.36. The zero-order chi connectivity index (χ0) is 15.0. The van der Waals surface area contributed by atoms with Gasteiger partial charge < -0.3 is 14.6 Å². The van der Waals surface area contributed by atoms with Gasteiger partial charge in [0.2, 0.25) is 0 Å². The van der Waals surface area contributed by atoms with E-state index >= 15 is 0 Å². The molecule has 0 bridgehead atoms. The predicted octanol–water partition coefficient (Wildman–Crippen LogP) is 0.173. The topological polar surface area (TPSA) is 78.7 Å². The zero-order valence-electron chi connectivity index (χ0n) is 12.1. The van der Waals surface area contributed by atoms with Crippen molar-refractivity contribution in [3.63, 3.8) is 0 Å². The fourth-order valence-corrected chi connectivity index (χ4v) is 2.75. The van der Waals surface area contributed by atoms with Crippen molar-refractivity contribution in [2.45, 2.75) is 31.8 Å². The van der Waals surface area contributed by atoms with Crippen molar-refractivity contribution in [2.75, 3.05) is 31.1 Å². The molecule has 2 fully saturated rings. The van der Waals surface area contributed by atoms with E-state index in [0.29, 0.717) is 38.0 Å². The van der Waals surface area contributed by atoms with E-state index in [-0.39, 0.29) is 5.56 Å². The number of aliphatic carboxylic acids is 1. The molecule has 21 heavy (non-hydrogen) atoms. The lowest BCUT2D eigenvalue weighted by molar-refractivity contribution is -0.142. The minimum atomic E-state index is -0.808. The van der Waals surface area contributed by atoms with Crippen molar-refractivity contribution in [1.29, 1.82) is 0 Å². The molecule has 7 nitrogen and oxygen atoms in total. The molecular formula is C14H20N4O3. The van der Waals surface area contributed by atoms with Gasteiger partial charge >= 0.3 is 5.97 Å². The molecule has 1 saturated carbocycles. The normalized spacial score (nSPS) is 21.3. The first kappa shape index (κ1) is 14.1. The maximum Gasteiger partial charge on any atom is 0.320 e. The van der Waals surface area contributed by atoms with E-state index in [1.807, 2.05) is 9.80 Å². The van der Waals surface area contributed by atoms with E-state index in [2.05, 4.69) is 4.98 Å². The first-order valence-corrected chi connectivity index (χ1v) is 7.37. The average Bonchev–Trinajstić information content (AvgIpc) is 3.31. The quantitative estimate of drug-likeness (QED) is 0.852. The number of hydrogen-bond donors (Lipinski definition) is 1. The predicted molar refractivity (Wildman–Crippen MR) is 77.7 cm³/mol. The van der Waals surface area contributed by atoms with Crippen molar-refractivity contribution < 1.29 is 9.90 Å². The van der Waals surface area contributed by atoms with E-state index in [9.17, 15) is 9.59 Å². The number of carboxylic acid groups (broad SMARTS) is 1. The lowest BCUT2D eigenvalue weighted by Crippen LogP contribution is -2.53. The third kappa shape index (κ3) is 2.78. The van der Waals surface area contributed by atoms with Gasteiger partial charge in [-0.15, -0.1) is 0 Å². The van der Waals surface area contributed by atoms with E-state index in [4.69, 9.17) is 5.11 Å². The summed E-state index contributed by atoms with van der Waals surface area (Å²) in [5.74, 6) is -0.315. The summed E-state index contributed by atoms with van der Waals surface area (Å²) < 4.78 is 1.77. The number of rotatable bonds is 4. The second-order valence-electron chi connectivity index (χ2n) is 5.73. The van der Waals surface area contributed by atoms with E-state index in [1.165, 1.54) is 0 Å². The van der Waals surface area contributed by atoms with Gasteiger partial charge in [-0.3, -0.25) is 14.5 Å². The molecule has 1 aromatic heterocycles. The number of carboxylic acids is 1. The molecule has 0 aromatic carbocycles. The first-order valence-electron chi connectivity index (χ1n) is 7.37. The molecule has 7 heteroatoms. The third-order valence-electron chi connectivity index (χ3n) is 4.31. The highest BCUT2D eigenvalue weighted by molar-refractivity contribution is 5.72.